The topological polar surface area (TPSA) is 73.2 Å². The zero-order valence-corrected chi connectivity index (χ0v) is 17.3. The van der Waals surface area contributed by atoms with Crippen molar-refractivity contribution in [1.29, 1.82) is 0 Å². The molecule has 2 heterocycles. The number of ether oxygens (including phenoxy) is 1. The van der Waals surface area contributed by atoms with Gasteiger partial charge in [0.15, 0.2) is 0 Å². The second-order valence-electron chi connectivity index (χ2n) is 6.81. The zero-order chi connectivity index (χ0) is 20.9. The van der Waals surface area contributed by atoms with E-state index in [0.29, 0.717) is 45.9 Å². The summed E-state index contributed by atoms with van der Waals surface area (Å²) in [4.78, 5) is 31.1. The van der Waals surface area contributed by atoms with Gasteiger partial charge in [0.25, 0.3) is 11.5 Å². The number of para-hydroxylation sites is 2. The number of hydrogen-bond donors (Lipinski definition) is 1. The number of hydrogen-bond acceptors (Lipinski definition) is 5. The third kappa shape index (κ3) is 4.26. The van der Waals surface area contributed by atoms with Gasteiger partial charge in [0, 0.05) is 12.2 Å². The first kappa shape index (κ1) is 19.8. The Labute approximate surface area is 177 Å². The van der Waals surface area contributed by atoms with Gasteiger partial charge in [-0.15, -0.1) is 11.3 Å². The van der Waals surface area contributed by atoms with Crippen LogP contribution in [0.1, 0.15) is 21.7 Å². The highest BCUT2D eigenvalue weighted by molar-refractivity contribution is 7.20. The van der Waals surface area contributed by atoms with E-state index in [1.807, 2.05) is 60.7 Å². The minimum atomic E-state index is -0.232. The largest absolute Gasteiger partial charge is 0.494 e. The average molecular weight is 420 g/mol. The van der Waals surface area contributed by atoms with E-state index in [9.17, 15) is 9.59 Å². The number of fused-ring (bicyclic) bond motifs is 1. The van der Waals surface area contributed by atoms with Gasteiger partial charge >= 0.3 is 0 Å². The molecule has 0 fully saturated rings. The van der Waals surface area contributed by atoms with Crippen LogP contribution in [0.2, 0.25) is 0 Å². The molecule has 0 bridgehead atoms. The van der Waals surface area contributed by atoms with E-state index >= 15 is 0 Å². The summed E-state index contributed by atoms with van der Waals surface area (Å²) in [6.45, 7) is 2.79. The maximum absolute atomic E-state index is 13.0. The van der Waals surface area contributed by atoms with Crippen LogP contribution in [0.15, 0.2) is 71.8 Å². The Morgan fingerprint density at radius 1 is 1.10 bits per heavy atom. The molecule has 0 unspecified atom stereocenters. The Kier molecular flexibility index (Phi) is 5.90. The van der Waals surface area contributed by atoms with Gasteiger partial charge in [-0.1, -0.05) is 36.4 Å². The quantitative estimate of drug-likeness (QED) is 0.448. The molecule has 0 aliphatic carbocycles. The molecule has 0 aliphatic heterocycles. The Bertz CT molecular complexity index is 1220. The Morgan fingerprint density at radius 3 is 2.53 bits per heavy atom. The summed E-state index contributed by atoms with van der Waals surface area (Å²) >= 11 is 1.24. The van der Waals surface area contributed by atoms with Gasteiger partial charge in [-0.05, 0) is 43.2 Å². The number of benzene rings is 2. The number of rotatable bonds is 7. The summed E-state index contributed by atoms with van der Waals surface area (Å²) in [7, 11) is 0. The maximum atomic E-state index is 13.0. The van der Waals surface area contributed by atoms with Crippen molar-refractivity contribution in [2.24, 2.45) is 0 Å². The molecule has 6 nitrogen and oxygen atoms in total. The summed E-state index contributed by atoms with van der Waals surface area (Å²) in [6.07, 6.45) is 2.22. The summed E-state index contributed by atoms with van der Waals surface area (Å²) in [6, 6.07) is 18.8. The minimum absolute atomic E-state index is 0.132. The van der Waals surface area contributed by atoms with Crippen molar-refractivity contribution in [1.82, 2.24) is 9.55 Å². The third-order valence-corrected chi connectivity index (χ3v) is 5.91. The predicted octanol–water partition coefficient (Wildman–Crippen LogP) is 4.49. The van der Waals surface area contributed by atoms with Crippen LogP contribution in [0.4, 0.5) is 5.69 Å². The Morgan fingerprint density at radius 2 is 1.80 bits per heavy atom. The molecule has 2 aromatic heterocycles. The molecular formula is C23H21N3O3S. The van der Waals surface area contributed by atoms with Crippen LogP contribution in [-0.4, -0.2) is 22.1 Å². The number of thiophene rings is 1. The highest BCUT2D eigenvalue weighted by Crippen LogP contribution is 2.27. The van der Waals surface area contributed by atoms with Crippen LogP contribution in [0.5, 0.6) is 5.75 Å². The van der Waals surface area contributed by atoms with Gasteiger partial charge in [-0.25, -0.2) is 4.98 Å². The normalized spacial score (nSPS) is 10.8. The third-order valence-electron chi connectivity index (χ3n) is 4.71. The lowest BCUT2D eigenvalue weighted by Gasteiger charge is -2.07. The van der Waals surface area contributed by atoms with Gasteiger partial charge in [-0.3, -0.25) is 14.2 Å². The highest BCUT2D eigenvalue weighted by atomic mass is 32.1. The van der Waals surface area contributed by atoms with Crippen molar-refractivity contribution in [3.63, 3.8) is 0 Å². The molecule has 0 saturated carbocycles. The number of anilines is 1. The second-order valence-corrected chi connectivity index (χ2v) is 7.81. The fourth-order valence-electron chi connectivity index (χ4n) is 3.19. The first-order valence-corrected chi connectivity index (χ1v) is 10.5. The van der Waals surface area contributed by atoms with Crippen LogP contribution in [-0.2, 0) is 6.54 Å². The van der Waals surface area contributed by atoms with Gasteiger partial charge in [-0.2, -0.15) is 0 Å². The fraction of sp³-hybridized carbons (Fsp3) is 0.174. The molecule has 0 radical (unpaired) electrons. The first-order chi connectivity index (χ1) is 14.6. The van der Waals surface area contributed by atoms with Crippen LogP contribution >= 0.6 is 11.3 Å². The van der Waals surface area contributed by atoms with E-state index in [1.54, 1.807) is 17.8 Å². The predicted molar refractivity (Wildman–Crippen MR) is 120 cm³/mol. The van der Waals surface area contributed by atoms with Crippen LogP contribution in [0, 0.1) is 6.92 Å². The Balaban J connectivity index is 1.49. The van der Waals surface area contributed by atoms with Gasteiger partial charge in [0.05, 0.1) is 23.2 Å². The Hall–Kier alpha value is -3.45. The molecule has 2 aromatic carbocycles. The van der Waals surface area contributed by atoms with E-state index in [-0.39, 0.29) is 11.5 Å². The lowest BCUT2D eigenvalue weighted by Crippen LogP contribution is -2.21. The van der Waals surface area contributed by atoms with E-state index in [4.69, 9.17) is 4.74 Å². The number of carbonyl (C=O) groups excluding carboxylic acids is 1. The van der Waals surface area contributed by atoms with Gasteiger partial charge in [0.2, 0.25) is 0 Å². The van der Waals surface area contributed by atoms with Crippen molar-refractivity contribution in [3.8, 4) is 5.75 Å². The SMILES string of the molecule is Cc1c(C(=O)Nc2ccccc2)sc2ncn(CCCOc3ccccc3)c(=O)c12. The van der Waals surface area contributed by atoms with Crippen molar-refractivity contribution >= 4 is 33.1 Å². The molecule has 0 saturated heterocycles. The number of aromatic nitrogens is 2. The number of amides is 1. The minimum Gasteiger partial charge on any atom is -0.494 e. The fourth-order valence-corrected chi connectivity index (χ4v) is 4.22. The molecule has 30 heavy (non-hydrogen) atoms. The van der Waals surface area contributed by atoms with Crippen LogP contribution in [0.25, 0.3) is 10.2 Å². The summed E-state index contributed by atoms with van der Waals surface area (Å²) in [5, 5.41) is 3.37. The van der Waals surface area contributed by atoms with Crippen molar-refractivity contribution < 1.29 is 9.53 Å². The van der Waals surface area contributed by atoms with Gasteiger partial charge in [0.1, 0.15) is 10.6 Å². The molecule has 7 heteroatoms. The van der Waals surface area contributed by atoms with E-state index in [2.05, 4.69) is 10.3 Å². The molecule has 0 spiro atoms. The molecule has 152 valence electrons. The first-order valence-electron chi connectivity index (χ1n) is 9.66. The van der Waals surface area contributed by atoms with E-state index in [0.717, 1.165) is 5.75 Å². The van der Waals surface area contributed by atoms with Crippen molar-refractivity contribution in [2.45, 2.75) is 19.9 Å². The van der Waals surface area contributed by atoms with E-state index < -0.39 is 0 Å². The average Bonchev–Trinajstić information content (AvgIpc) is 3.11. The number of nitrogens with zero attached hydrogens (tertiary/aromatic N) is 2. The monoisotopic (exact) mass is 419 g/mol. The van der Waals surface area contributed by atoms with Crippen LogP contribution < -0.4 is 15.6 Å². The smallest absolute Gasteiger partial charge is 0.266 e. The summed E-state index contributed by atoms with van der Waals surface area (Å²) < 4.78 is 7.26. The summed E-state index contributed by atoms with van der Waals surface area (Å²) in [5.74, 6) is 0.574. The van der Waals surface area contributed by atoms with Crippen molar-refractivity contribution in [3.05, 3.63) is 87.8 Å². The standard InChI is InChI=1S/C23H21N3O3S/c1-16-19-22(30-20(16)21(27)25-17-9-4-2-5-10-17)24-15-26(23(19)28)13-8-14-29-18-11-6-3-7-12-18/h2-7,9-12,15H,8,13-14H2,1H3,(H,25,27). The van der Waals surface area contributed by atoms with Crippen LogP contribution in [0.3, 0.4) is 0 Å². The number of nitrogens with one attached hydrogen (secondary N) is 1. The molecule has 0 aliphatic rings. The molecule has 1 N–H and O–H groups in total. The molecule has 4 aromatic rings. The van der Waals surface area contributed by atoms with Gasteiger partial charge < -0.3 is 10.1 Å². The number of carbonyl (C=O) groups is 1. The highest BCUT2D eigenvalue weighted by Gasteiger charge is 2.19. The molecule has 0 atom stereocenters. The molecule has 4 rings (SSSR count). The lowest BCUT2D eigenvalue weighted by atomic mass is 10.2. The van der Waals surface area contributed by atoms with E-state index in [1.165, 1.54) is 11.3 Å². The molecule has 1 amide bonds. The molecular weight excluding hydrogens is 398 g/mol. The summed E-state index contributed by atoms with van der Waals surface area (Å²) in [5.41, 5.74) is 1.24. The van der Waals surface area contributed by atoms with Crippen molar-refractivity contribution in [2.75, 3.05) is 11.9 Å². The second kappa shape index (κ2) is 8.92. The zero-order valence-electron chi connectivity index (χ0n) is 16.5. The lowest BCUT2D eigenvalue weighted by molar-refractivity contribution is 0.103. The maximum Gasteiger partial charge on any atom is 0.266 e. The number of aryl methyl sites for hydroxylation is 2.